The van der Waals surface area contributed by atoms with Crippen molar-refractivity contribution in [1.29, 1.82) is 0 Å². The summed E-state index contributed by atoms with van der Waals surface area (Å²) in [5.41, 5.74) is 1.78. The fourth-order valence-corrected chi connectivity index (χ4v) is 2.07. The molecular weight excluding hydrogens is 294 g/mol. The van der Waals surface area contributed by atoms with Crippen LogP contribution in [0.4, 0.5) is 10.7 Å². The standard InChI is InChI=1S/C16H17N5O2/c22-16(17-9-11-23-12-13-6-2-1-3-7-13)18-15-20-19-14-8-4-5-10-21(14)15/h1-8,10H,9,11-12H2,(H2,17,18,20,22). The zero-order chi connectivity index (χ0) is 15.9. The second kappa shape index (κ2) is 7.37. The molecule has 118 valence electrons. The van der Waals surface area contributed by atoms with Crippen LogP contribution in [-0.2, 0) is 11.3 Å². The number of anilines is 1. The van der Waals surface area contributed by atoms with Crippen molar-refractivity contribution in [3.8, 4) is 0 Å². The number of carbonyl (C=O) groups excluding carboxylic acids is 1. The Kier molecular flexibility index (Phi) is 4.80. The first-order valence-corrected chi connectivity index (χ1v) is 7.29. The smallest absolute Gasteiger partial charge is 0.321 e. The van der Waals surface area contributed by atoms with Gasteiger partial charge >= 0.3 is 6.03 Å². The van der Waals surface area contributed by atoms with E-state index in [1.807, 2.05) is 48.5 Å². The Balaban J connectivity index is 1.40. The summed E-state index contributed by atoms with van der Waals surface area (Å²) in [5.74, 6) is 0.378. The highest BCUT2D eigenvalue weighted by molar-refractivity contribution is 5.87. The molecule has 2 N–H and O–H groups in total. The first-order valence-electron chi connectivity index (χ1n) is 7.29. The molecule has 3 rings (SSSR count). The topological polar surface area (TPSA) is 80.5 Å². The molecule has 0 bridgehead atoms. The van der Waals surface area contributed by atoms with Gasteiger partial charge in [-0.15, -0.1) is 10.2 Å². The van der Waals surface area contributed by atoms with E-state index in [1.54, 1.807) is 10.6 Å². The highest BCUT2D eigenvalue weighted by atomic mass is 16.5. The summed E-state index contributed by atoms with van der Waals surface area (Å²) < 4.78 is 7.20. The van der Waals surface area contributed by atoms with Gasteiger partial charge in [0, 0.05) is 12.7 Å². The minimum atomic E-state index is -0.341. The third kappa shape index (κ3) is 4.04. The molecule has 7 nitrogen and oxygen atoms in total. The number of nitrogens with zero attached hydrogens (tertiary/aromatic N) is 3. The van der Waals surface area contributed by atoms with E-state index < -0.39 is 0 Å². The number of ether oxygens (including phenoxy) is 1. The van der Waals surface area contributed by atoms with Gasteiger partial charge in [-0.2, -0.15) is 0 Å². The fourth-order valence-electron chi connectivity index (χ4n) is 2.07. The molecule has 0 radical (unpaired) electrons. The lowest BCUT2D eigenvalue weighted by Gasteiger charge is -2.07. The Bertz CT molecular complexity index is 772. The van der Waals surface area contributed by atoms with E-state index in [1.165, 1.54) is 0 Å². The lowest BCUT2D eigenvalue weighted by Crippen LogP contribution is -2.32. The van der Waals surface area contributed by atoms with Crippen molar-refractivity contribution in [2.75, 3.05) is 18.5 Å². The average Bonchev–Trinajstić information content (AvgIpc) is 2.99. The van der Waals surface area contributed by atoms with E-state index in [9.17, 15) is 4.79 Å². The van der Waals surface area contributed by atoms with Crippen molar-refractivity contribution in [3.63, 3.8) is 0 Å². The number of urea groups is 1. The van der Waals surface area contributed by atoms with Crippen molar-refractivity contribution in [2.45, 2.75) is 6.61 Å². The van der Waals surface area contributed by atoms with Gasteiger partial charge in [-0.05, 0) is 17.7 Å². The van der Waals surface area contributed by atoms with Crippen LogP contribution in [0, 0.1) is 0 Å². The monoisotopic (exact) mass is 311 g/mol. The molecule has 0 atom stereocenters. The number of hydrogen-bond acceptors (Lipinski definition) is 4. The van der Waals surface area contributed by atoms with E-state index in [-0.39, 0.29) is 6.03 Å². The average molecular weight is 311 g/mol. The first kappa shape index (κ1) is 15.0. The van der Waals surface area contributed by atoms with Gasteiger partial charge in [0.05, 0.1) is 13.2 Å². The fraction of sp³-hybridized carbons (Fsp3) is 0.188. The van der Waals surface area contributed by atoms with Crippen LogP contribution in [0.1, 0.15) is 5.56 Å². The lowest BCUT2D eigenvalue weighted by atomic mass is 10.2. The molecule has 0 saturated heterocycles. The molecule has 0 spiro atoms. The Morgan fingerprint density at radius 1 is 1.09 bits per heavy atom. The molecule has 0 aliphatic rings. The minimum absolute atomic E-state index is 0.341. The van der Waals surface area contributed by atoms with Gasteiger partial charge in [0.15, 0.2) is 5.65 Å². The van der Waals surface area contributed by atoms with Gasteiger partial charge < -0.3 is 10.1 Å². The summed E-state index contributed by atoms with van der Waals surface area (Å²) in [6, 6.07) is 15.1. The van der Waals surface area contributed by atoms with Gasteiger partial charge in [-0.1, -0.05) is 36.4 Å². The number of pyridine rings is 1. The molecule has 2 aromatic heterocycles. The largest absolute Gasteiger partial charge is 0.375 e. The van der Waals surface area contributed by atoms with Gasteiger partial charge in [0.25, 0.3) is 0 Å². The maximum atomic E-state index is 11.8. The highest BCUT2D eigenvalue weighted by Gasteiger charge is 2.07. The zero-order valence-corrected chi connectivity index (χ0v) is 12.5. The van der Waals surface area contributed by atoms with Gasteiger partial charge in [0.2, 0.25) is 5.95 Å². The Morgan fingerprint density at radius 3 is 2.78 bits per heavy atom. The van der Waals surface area contributed by atoms with Crippen LogP contribution in [0.25, 0.3) is 5.65 Å². The molecule has 23 heavy (non-hydrogen) atoms. The molecule has 0 saturated carbocycles. The summed E-state index contributed by atoms with van der Waals surface area (Å²) in [4.78, 5) is 11.8. The van der Waals surface area contributed by atoms with Crippen LogP contribution in [0.3, 0.4) is 0 Å². The van der Waals surface area contributed by atoms with Crippen LogP contribution >= 0.6 is 0 Å². The van der Waals surface area contributed by atoms with Crippen LogP contribution < -0.4 is 10.6 Å². The maximum absolute atomic E-state index is 11.8. The van der Waals surface area contributed by atoms with Crippen molar-refractivity contribution in [3.05, 3.63) is 60.3 Å². The summed E-state index contributed by atoms with van der Waals surface area (Å²) in [5, 5.41) is 13.3. The third-order valence-corrected chi connectivity index (χ3v) is 3.18. The predicted octanol–water partition coefficient (Wildman–Crippen LogP) is 2.07. The first-order chi connectivity index (χ1) is 11.3. The molecule has 0 fully saturated rings. The van der Waals surface area contributed by atoms with Crippen LogP contribution in [-0.4, -0.2) is 33.8 Å². The van der Waals surface area contributed by atoms with Gasteiger partial charge in [0.1, 0.15) is 0 Å². The molecule has 0 aliphatic heterocycles. The number of rotatable bonds is 6. The van der Waals surface area contributed by atoms with E-state index in [2.05, 4.69) is 20.8 Å². The Hall–Kier alpha value is -2.93. The number of carbonyl (C=O) groups is 1. The molecule has 0 unspecified atom stereocenters. The number of aromatic nitrogens is 3. The zero-order valence-electron chi connectivity index (χ0n) is 12.5. The molecule has 2 heterocycles. The van der Waals surface area contributed by atoms with Crippen molar-refractivity contribution in [2.24, 2.45) is 0 Å². The summed E-state index contributed by atoms with van der Waals surface area (Å²) in [7, 11) is 0. The Labute approximate surface area is 133 Å². The summed E-state index contributed by atoms with van der Waals surface area (Å²) in [6.07, 6.45) is 1.79. The SMILES string of the molecule is O=C(NCCOCc1ccccc1)Nc1nnc2ccccn12. The maximum Gasteiger partial charge on any atom is 0.321 e. The molecule has 1 aromatic carbocycles. The van der Waals surface area contributed by atoms with Crippen LogP contribution in [0.5, 0.6) is 0 Å². The molecule has 3 aromatic rings. The van der Waals surface area contributed by atoms with E-state index in [0.29, 0.717) is 31.4 Å². The number of benzene rings is 1. The quantitative estimate of drug-likeness (QED) is 0.683. The van der Waals surface area contributed by atoms with E-state index >= 15 is 0 Å². The molecule has 7 heteroatoms. The number of fused-ring (bicyclic) bond motifs is 1. The third-order valence-electron chi connectivity index (χ3n) is 3.18. The minimum Gasteiger partial charge on any atom is -0.375 e. The van der Waals surface area contributed by atoms with Crippen molar-refractivity contribution < 1.29 is 9.53 Å². The van der Waals surface area contributed by atoms with Crippen molar-refractivity contribution >= 4 is 17.6 Å². The second-order valence-electron chi connectivity index (χ2n) is 4.87. The predicted molar refractivity (Wildman–Crippen MR) is 86.1 cm³/mol. The molecule has 0 aliphatic carbocycles. The Morgan fingerprint density at radius 2 is 1.91 bits per heavy atom. The normalized spacial score (nSPS) is 10.6. The van der Waals surface area contributed by atoms with Gasteiger partial charge in [-0.25, -0.2) is 4.79 Å². The second-order valence-corrected chi connectivity index (χ2v) is 4.87. The number of amides is 2. The lowest BCUT2D eigenvalue weighted by molar-refractivity contribution is 0.124. The van der Waals surface area contributed by atoms with Crippen LogP contribution in [0.2, 0.25) is 0 Å². The van der Waals surface area contributed by atoms with E-state index in [0.717, 1.165) is 5.56 Å². The van der Waals surface area contributed by atoms with E-state index in [4.69, 9.17) is 4.74 Å². The number of hydrogen-bond donors (Lipinski definition) is 2. The van der Waals surface area contributed by atoms with Gasteiger partial charge in [-0.3, -0.25) is 9.72 Å². The summed E-state index contributed by atoms with van der Waals surface area (Å²) >= 11 is 0. The molecule has 2 amide bonds. The van der Waals surface area contributed by atoms with Crippen molar-refractivity contribution in [1.82, 2.24) is 19.9 Å². The number of nitrogens with one attached hydrogen (secondary N) is 2. The van der Waals surface area contributed by atoms with Crippen LogP contribution in [0.15, 0.2) is 54.7 Å². The highest BCUT2D eigenvalue weighted by Crippen LogP contribution is 2.06. The molecular formula is C16H17N5O2. The summed E-state index contributed by atoms with van der Waals surface area (Å²) in [6.45, 7) is 1.37.